The Morgan fingerprint density at radius 1 is 1.11 bits per heavy atom. The van der Waals surface area contributed by atoms with Crippen LogP contribution < -0.4 is 15.4 Å². The van der Waals surface area contributed by atoms with Gasteiger partial charge in [-0.1, -0.05) is 30.3 Å². The van der Waals surface area contributed by atoms with E-state index in [1.165, 1.54) is 7.05 Å². The highest BCUT2D eigenvalue weighted by Crippen LogP contribution is 2.15. The molecule has 0 spiro atoms. The molecule has 1 aromatic heterocycles. The van der Waals surface area contributed by atoms with E-state index in [4.69, 9.17) is 0 Å². The molecule has 0 saturated carbocycles. The Morgan fingerprint density at radius 2 is 1.79 bits per heavy atom. The third-order valence-electron chi connectivity index (χ3n) is 4.53. The van der Waals surface area contributed by atoms with Crippen LogP contribution in [-0.2, 0) is 24.0 Å². The van der Waals surface area contributed by atoms with Crippen LogP contribution in [0.1, 0.15) is 17.1 Å². The molecule has 1 saturated heterocycles. The maximum Gasteiger partial charge on any atom is 0.132 e. The molecule has 28 heavy (non-hydrogen) atoms. The van der Waals surface area contributed by atoms with E-state index >= 15 is 0 Å². The van der Waals surface area contributed by atoms with E-state index in [2.05, 4.69) is 37.3 Å². The highest BCUT2D eigenvalue weighted by molar-refractivity contribution is 7.82. The highest BCUT2D eigenvalue weighted by Gasteiger charge is 2.16. The molecule has 1 fully saturated rings. The number of nitrogens with zero attached hydrogens (tertiary/aromatic N) is 4. The minimum absolute atomic E-state index is 0.547. The minimum atomic E-state index is -1.07. The van der Waals surface area contributed by atoms with E-state index in [9.17, 15) is 4.21 Å². The fourth-order valence-electron chi connectivity index (χ4n) is 2.97. The normalized spacial score (nSPS) is 15.6. The molecular formula is C20H32N6OS. The summed E-state index contributed by atoms with van der Waals surface area (Å²) in [5.41, 5.74) is 6.59. The zero-order valence-corrected chi connectivity index (χ0v) is 17.9. The lowest BCUT2D eigenvalue weighted by Crippen LogP contribution is -2.45. The number of aromatic nitrogens is 2. The van der Waals surface area contributed by atoms with E-state index in [1.54, 1.807) is 0 Å². The number of hydrogen-bond acceptors (Lipinski definition) is 6. The smallest absolute Gasteiger partial charge is 0.132 e. The Kier molecular flexibility index (Phi) is 9.49. The Hall–Kier alpha value is -1.87. The molecule has 0 amide bonds. The number of piperazine rings is 1. The van der Waals surface area contributed by atoms with E-state index < -0.39 is 11.0 Å². The molecule has 1 aliphatic rings. The summed E-state index contributed by atoms with van der Waals surface area (Å²) in [5.74, 6) is 2.31. The summed E-state index contributed by atoms with van der Waals surface area (Å²) in [6.45, 7) is 6.60. The van der Waals surface area contributed by atoms with Gasteiger partial charge in [-0.15, -0.1) is 0 Å². The van der Waals surface area contributed by atoms with Crippen molar-refractivity contribution in [2.75, 3.05) is 50.9 Å². The van der Waals surface area contributed by atoms with Crippen molar-refractivity contribution >= 4 is 16.8 Å². The molecule has 1 aromatic carbocycles. The van der Waals surface area contributed by atoms with Gasteiger partial charge in [-0.3, -0.25) is 0 Å². The number of nitrogens with one attached hydrogen (secondary N) is 1. The van der Waals surface area contributed by atoms with E-state index in [1.807, 2.05) is 43.3 Å². The second kappa shape index (κ2) is 11.9. The predicted molar refractivity (Wildman–Crippen MR) is 117 cm³/mol. The second-order valence-corrected chi connectivity index (χ2v) is 8.05. The van der Waals surface area contributed by atoms with Crippen molar-refractivity contribution in [2.24, 2.45) is 5.73 Å². The number of benzene rings is 1. The van der Waals surface area contributed by atoms with Gasteiger partial charge in [0, 0.05) is 56.7 Å². The second-order valence-electron chi connectivity index (χ2n) is 6.66. The van der Waals surface area contributed by atoms with Gasteiger partial charge < -0.3 is 15.5 Å². The zero-order valence-electron chi connectivity index (χ0n) is 17.1. The molecule has 0 radical (unpaired) electrons. The van der Waals surface area contributed by atoms with Gasteiger partial charge in [0.25, 0.3) is 0 Å². The molecule has 0 bridgehead atoms. The molecule has 0 aliphatic carbocycles. The van der Waals surface area contributed by atoms with Gasteiger partial charge in [0.15, 0.2) is 0 Å². The maximum atomic E-state index is 12.2. The summed E-state index contributed by atoms with van der Waals surface area (Å²) in [7, 11) is 2.57. The maximum absolute atomic E-state index is 12.2. The lowest BCUT2D eigenvalue weighted by molar-refractivity contribution is 0.312. The molecule has 1 atom stereocenters. The topological polar surface area (TPSA) is 87.4 Å². The summed E-state index contributed by atoms with van der Waals surface area (Å²) in [4.78, 5) is 13.7. The SMILES string of the molecule is CN.Cc1nc(CCS(=O)NCc2ccccc2)cc(N2CCN(C)CC2)n1. The third kappa shape index (κ3) is 7.27. The summed E-state index contributed by atoms with van der Waals surface area (Å²) < 4.78 is 15.3. The van der Waals surface area contributed by atoms with Crippen molar-refractivity contribution in [2.45, 2.75) is 19.9 Å². The molecule has 154 valence electrons. The summed E-state index contributed by atoms with van der Waals surface area (Å²) >= 11 is 0. The molecule has 2 aromatic rings. The van der Waals surface area contributed by atoms with Crippen LogP contribution in [0, 0.1) is 6.92 Å². The monoisotopic (exact) mass is 404 g/mol. The van der Waals surface area contributed by atoms with Gasteiger partial charge in [-0.2, -0.15) is 0 Å². The first-order valence-electron chi connectivity index (χ1n) is 9.62. The number of aryl methyl sites for hydroxylation is 2. The number of likely N-dealkylation sites (N-methyl/N-ethyl adjacent to an activating group) is 1. The van der Waals surface area contributed by atoms with Gasteiger partial charge >= 0.3 is 0 Å². The van der Waals surface area contributed by atoms with Crippen molar-refractivity contribution in [3.8, 4) is 0 Å². The quantitative estimate of drug-likeness (QED) is 0.719. The van der Waals surface area contributed by atoms with Gasteiger partial charge in [-0.25, -0.2) is 18.9 Å². The number of hydrogen-bond donors (Lipinski definition) is 2. The van der Waals surface area contributed by atoms with Crippen LogP contribution >= 0.6 is 0 Å². The summed E-state index contributed by atoms with van der Waals surface area (Å²) in [5, 5.41) is 0. The molecular weight excluding hydrogens is 372 g/mol. The first-order chi connectivity index (χ1) is 13.6. The fraction of sp³-hybridized carbons (Fsp3) is 0.500. The molecule has 1 unspecified atom stereocenters. The number of nitrogens with two attached hydrogens (primary N) is 1. The highest BCUT2D eigenvalue weighted by atomic mass is 32.2. The Labute approximate surface area is 170 Å². The third-order valence-corrected chi connectivity index (χ3v) is 5.57. The fourth-order valence-corrected chi connectivity index (χ4v) is 3.83. The van der Waals surface area contributed by atoms with Crippen molar-refractivity contribution in [1.82, 2.24) is 19.6 Å². The first kappa shape index (κ1) is 22.4. The lowest BCUT2D eigenvalue weighted by Gasteiger charge is -2.33. The van der Waals surface area contributed by atoms with E-state index in [-0.39, 0.29) is 0 Å². The van der Waals surface area contributed by atoms with E-state index in [0.29, 0.717) is 18.7 Å². The summed E-state index contributed by atoms with van der Waals surface area (Å²) in [6, 6.07) is 12.1. The van der Waals surface area contributed by atoms with Crippen LogP contribution in [0.25, 0.3) is 0 Å². The van der Waals surface area contributed by atoms with Gasteiger partial charge in [0.05, 0.1) is 11.0 Å². The van der Waals surface area contributed by atoms with Crippen molar-refractivity contribution in [1.29, 1.82) is 0 Å². The molecule has 7 nitrogen and oxygen atoms in total. The Morgan fingerprint density at radius 3 is 2.46 bits per heavy atom. The van der Waals surface area contributed by atoms with Gasteiger partial charge in [-0.05, 0) is 26.6 Å². The first-order valence-corrected chi connectivity index (χ1v) is 10.9. The standard InChI is InChI=1S/C19H27N5OS.CH5N/c1-16-21-18(14-19(22-16)24-11-9-23(2)10-12-24)8-13-26(25)20-15-17-6-4-3-5-7-17;1-2/h3-7,14,20H,8-13,15H2,1-2H3;2H2,1H3. The number of anilines is 1. The minimum Gasteiger partial charge on any atom is -0.354 e. The van der Waals surface area contributed by atoms with Crippen LogP contribution in [0.2, 0.25) is 0 Å². The van der Waals surface area contributed by atoms with Crippen LogP contribution in [0.3, 0.4) is 0 Å². The Bertz CT molecular complexity index is 735. The van der Waals surface area contributed by atoms with Crippen LogP contribution in [0.15, 0.2) is 36.4 Å². The molecule has 3 N–H and O–H groups in total. The largest absolute Gasteiger partial charge is 0.354 e. The van der Waals surface area contributed by atoms with E-state index in [0.717, 1.165) is 49.1 Å². The zero-order chi connectivity index (χ0) is 20.4. The van der Waals surface area contributed by atoms with Crippen molar-refractivity contribution < 1.29 is 4.21 Å². The summed E-state index contributed by atoms with van der Waals surface area (Å²) in [6.07, 6.45) is 0.679. The average molecular weight is 405 g/mol. The molecule has 3 rings (SSSR count). The van der Waals surface area contributed by atoms with Gasteiger partial charge in [0.2, 0.25) is 0 Å². The van der Waals surface area contributed by atoms with Crippen molar-refractivity contribution in [3.05, 3.63) is 53.5 Å². The van der Waals surface area contributed by atoms with Crippen molar-refractivity contribution in [3.63, 3.8) is 0 Å². The van der Waals surface area contributed by atoms with Crippen LogP contribution in [-0.4, -0.2) is 65.1 Å². The molecule has 1 aliphatic heterocycles. The van der Waals surface area contributed by atoms with Crippen LogP contribution in [0.4, 0.5) is 5.82 Å². The number of rotatable bonds is 7. The molecule has 2 heterocycles. The van der Waals surface area contributed by atoms with Crippen LogP contribution in [0.5, 0.6) is 0 Å². The predicted octanol–water partition coefficient (Wildman–Crippen LogP) is 1.11. The average Bonchev–Trinajstić information content (AvgIpc) is 2.73. The lowest BCUT2D eigenvalue weighted by atomic mass is 10.2. The van der Waals surface area contributed by atoms with Gasteiger partial charge in [0.1, 0.15) is 11.6 Å². The molecule has 8 heteroatoms. The Balaban J connectivity index is 0.00000136.